The zero-order chi connectivity index (χ0) is 14.5. The van der Waals surface area contributed by atoms with Crippen LogP contribution < -0.4 is 0 Å². The summed E-state index contributed by atoms with van der Waals surface area (Å²) in [7, 11) is 0. The molecule has 5 heteroatoms. The molecule has 100 valence electrons. The Kier molecular flexibility index (Phi) is 4.83. The molecule has 0 unspecified atom stereocenters. The molecule has 2 aromatic rings. The van der Waals surface area contributed by atoms with Gasteiger partial charge in [0.15, 0.2) is 0 Å². The maximum Gasteiger partial charge on any atom is 0.336 e. The Morgan fingerprint density at radius 1 is 1.30 bits per heavy atom. The van der Waals surface area contributed by atoms with Crippen molar-refractivity contribution in [1.29, 1.82) is 5.26 Å². The van der Waals surface area contributed by atoms with Gasteiger partial charge in [-0.25, -0.2) is 4.79 Å². The van der Waals surface area contributed by atoms with Crippen molar-refractivity contribution in [1.82, 2.24) is 0 Å². The smallest absolute Gasteiger partial charge is 0.336 e. The zero-order valence-corrected chi connectivity index (χ0v) is 12.7. The number of benzene rings is 2. The van der Waals surface area contributed by atoms with Crippen molar-refractivity contribution in [2.24, 2.45) is 0 Å². The highest BCUT2D eigenvalue weighted by Crippen LogP contribution is 2.30. The van der Waals surface area contributed by atoms with Crippen LogP contribution in [-0.2, 0) is 5.75 Å². The molecule has 0 saturated heterocycles. The average molecular weight is 348 g/mol. The summed E-state index contributed by atoms with van der Waals surface area (Å²) in [5.74, 6) is -0.394. The molecule has 0 heterocycles. The molecule has 0 aromatic heterocycles. The fourth-order valence-electron chi connectivity index (χ4n) is 1.70. The summed E-state index contributed by atoms with van der Waals surface area (Å²) in [6.07, 6.45) is 0. The van der Waals surface area contributed by atoms with Crippen LogP contribution in [0.1, 0.15) is 21.5 Å². The Morgan fingerprint density at radius 2 is 2.05 bits per heavy atom. The van der Waals surface area contributed by atoms with Crippen LogP contribution in [0.3, 0.4) is 0 Å². The summed E-state index contributed by atoms with van der Waals surface area (Å²) in [5.41, 5.74) is 1.79. The van der Waals surface area contributed by atoms with Gasteiger partial charge in [-0.15, -0.1) is 11.8 Å². The highest BCUT2D eigenvalue weighted by atomic mass is 79.9. The largest absolute Gasteiger partial charge is 0.478 e. The van der Waals surface area contributed by atoms with E-state index in [1.807, 2.05) is 18.2 Å². The fraction of sp³-hybridized carbons (Fsp3) is 0.0667. The number of carboxylic acids is 1. The number of hydrogen-bond donors (Lipinski definition) is 1. The lowest BCUT2D eigenvalue weighted by molar-refractivity contribution is 0.0693. The molecule has 1 N–H and O–H groups in total. The van der Waals surface area contributed by atoms with Crippen molar-refractivity contribution < 1.29 is 9.90 Å². The first-order chi connectivity index (χ1) is 9.61. The Morgan fingerprint density at radius 3 is 2.75 bits per heavy atom. The SMILES string of the molecule is N#Cc1ccccc1CSc1cc(Br)ccc1C(=O)O. The maximum atomic E-state index is 11.2. The van der Waals surface area contributed by atoms with Gasteiger partial charge >= 0.3 is 5.97 Å². The van der Waals surface area contributed by atoms with E-state index in [4.69, 9.17) is 5.26 Å². The number of nitriles is 1. The summed E-state index contributed by atoms with van der Waals surface area (Å²) in [6, 6.07) is 14.5. The minimum Gasteiger partial charge on any atom is -0.478 e. The molecule has 2 rings (SSSR count). The Labute approximate surface area is 129 Å². The second-order valence-corrected chi connectivity index (χ2v) is 5.94. The zero-order valence-electron chi connectivity index (χ0n) is 10.3. The van der Waals surface area contributed by atoms with Crippen LogP contribution in [0.2, 0.25) is 0 Å². The van der Waals surface area contributed by atoms with Gasteiger partial charge in [-0.2, -0.15) is 5.26 Å². The number of thioether (sulfide) groups is 1. The van der Waals surface area contributed by atoms with Crippen molar-refractivity contribution in [3.63, 3.8) is 0 Å². The van der Waals surface area contributed by atoms with Crippen LogP contribution in [-0.4, -0.2) is 11.1 Å². The van der Waals surface area contributed by atoms with Gasteiger partial charge in [-0.1, -0.05) is 34.1 Å². The summed E-state index contributed by atoms with van der Waals surface area (Å²) >= 11 is 4.75. The van der Waals surface area contributed by atoms with Gasteiger partial charge in [-0.05, 0) is 29.8 Å². The van der Waals surface area contributed by atoms with E-state index in [2.05, 4.69) is 22.0 Å². The summed E-state index contributed by atoms with van der Waals surface area (Å²) in [6.45, 7) is 0. The number of nitrogens with zero attached hydrogens (tertiary/aromatic N) is 1. The molecule has 0 spiro atoms. The van der Waals surface area contributed by atoms with Gasteiger partial charge < -0.3 is 5.11 Å². The highest BCUT2D eigenvalue weighted by molar-refractivity contribution is 9.10. The van der Waals surface area contributed by atoms with Gasteiger partial charge in [0.1, 0.15) is 0 Å². The van der Waals surface area contributed by atoms with E-state index in [9.17, 15) is 9.90 Å². The predicted octanol–water partition coefficient (Wildman–Crippen LogP) is 4.31. The molecule has 0 amide bonds. The van der Waals surface area contributed by atoms with Crippen molar-refractivity contribution in [2.45, 2.75) is 10.6 Å². The molecule has 0 atom stereocenters. The first kappa shape index (κ1) is 14.6. The maximum absolute atomic E-state index is 11.2. The van der Waals surface area contributed by atoms with Crippen LogP contribution >= 0.6 is 27.7 Å². The minimum atomic E-state index is -0.950. The van der Waals surface area contributed by atoms with Gasteiger partial charge in [0.05, 0.1) is 17.2 Å². The first-order valence-electron chi connectivity index (χ1n) is 5.75. The van der Waals surface area contributed by atoms with E-state index in [0.29, 0.717) is 16.2 Å². The van der Waals surface area contributed by atoms with E-state index in [1.54, 1.807) is 24.3 Å². The van der Waals surface area contributed by atoms with Crippen LogP contribution in [0, 0.1) is 11.3 Å². The van der Waals surface area contributed by atoms with Crippen molar-refractivity contribution >= 4 is 33.7 Å². The van der Waals surface area contributed by atoms with Crippen LogP contribution in [0.4, 0.5) is 0 Å². The summed E-state index contributed by atoms with van der Waals surface area (Å²) in [5, 5.41) is 18.2. The molecular formula is C15H10BrNO2S. The standard InChI is InChI=1S/C15H10BrNO2S/c16-12-5-6-13(15(18)19)14(7-12)20-9-11-4-2-1-3-10(11)8-17/h1-7H,9H2,(H,18,19). The van der Waals surface area contributed by atoms with Gasteiger partial charge in [0.25, 0.3) is 0 Å². The summed E-state index contributed by atoms with van der Waals surface area (Å²) in [4.78, 5) is 11.9. The lowest BCUT2D eigenvalue weighted by Crippen LogP contribution is -1.99. The molecule has 0 aliphatic carbocycles. The van der Waals surface area contributed by atoms with Crippen LogP contribution in [0.25, 0.3) is 0 Å². The molecule has 0 saturated carbocycles. The lowest BCUT2D eigenvalue weighted by Gasteiger charge is -2.07. The normalized spacial score (nSPS) is 10.0. The van der Waals surface area contributed by atoms with E-state index >= 15 is 0 Å². The van der Waals surface area contributed by atoms with Crippen LogP contribution in [0.5, 0.6) is 0 Å². The average Bonchev–Trinajstić information content (AvgIpc) is 2.45. The third kappa shape index (κ3) is 3.41. The van der Waals surface area contributed by atoms with E-state index in [1.165, 1.54) is 11.8 Å². The molecule has 0 bridgehead atoms. The van der Waals surface area contributed by atoms with Crippen molar-refractivity contribution in [2.75, 3.05) is 0 Å². The molecule has 0 aliphatic heterocycles. The third-order valence-corrected chi connectivity index (χ3v) is 4.29. The van der Waals surface area contributed by atoms with E-state index < -0.39 is 5.97 Å². The molecular weight excluding hydrogens is 338 g/mol. The van der Waals surface area contributed by atoms with E-state index in [0.717, 1.165) is 10.0 Å². The lowest BCUT2D eigenvalue weighted by atomic mass is 10.1. The Bertz CT molecular complexity index is 695. The number of rotatable bonds is 4. The third-order valence-electron chi connectivity index (χ3n) is 2.70. The topological polar surface area (TPSA) is 61.1 Å². The number of halogens is 1. The number of carboxylic acid groups (broad SMARTS) is 1. The van der Waals surface area contributed by atoms with E-state index in [-0.39, 0.29) is 5.56 Å². The number of aromatic carboxylic acids is 1. The van der Waals surface area contributed by atoms with Crippen molar-refractivity contribution in [3.05, 3.63) is 63.6 Å². The Hall–Kier alpha value is -1.77. The molecule has 2 aromatic carbocycles. The second-order valence-electron chi connectivity index (χ2n) is 4.00. The fourth-order valence-corrected chi connectivity index (χ4v) is 3.30. The predicted molar refractivity (Wildman–Crippen MR) is 81.8 cm³/mol. The first-order valence-corrected chi connectivity index (χ1v) is 7.53. The number of carbonyl (C=O) groups is 1. The van der Waals surface area contributed by atoms with Crippen molar-refractivity contribution in [3.8, 4) is 6.07 Å². The van der Waals surface area contributed by atoms with Crippen LogP contribution in [0.15, 0.2) is 51.8 Å². The second kappa shape index (κ2) is 6.60. The Balaban J connectivity index is 2.25. The molecule has 0 radical (unpaired) electrons. The minimum absolute atomic E-state index is 0.271. The number of hydrogen-bond acceptors (Lipinski definition) is 3. The molecule has 0 aliphatic rings. The van der Waals surface area contributed by atoms with Gasteiger partial charge in [0.2, 0.25) is 0 Å². The highest BCUT2D eigenvalue weighted by Gasteiger charge is 2.11. The van der Waals surface area contributed by atoms with Gasteiger partial charge in [-0.3, -0.25) is 0 Å². The monoisotopic (exact) mass is 347 g/mol. The van der Waals surface area contributed by atoms with Gasteiger partial charge in [0, 0.05) is 15.1 Å². The molecule has 20 heavy (non-hydrogen) atoms. The molecule has 3 nitrogen and oxygen atoms in total. The summed E-state index contributed by atoms with van der Waals surface area (Å²) < 4.78 is 0.832. The quantitative estimate of drug-likeness (QED) is 0.837. The molecule has 0 fully saturated rings.